The molecule has 0 aliphatic carbocycles. The SMILES string of the molecule is CN(CCNC(=O)c1ccc(C=CC(c2cc(Cl)c(Cl)c(Cl)c2)C(F)(F)F)cc1C(F)(F)F)C(=O)OC(C)(C)C. The Kier molecular flexibility index (Phi) is 10.8. The number of amides is 2. The fourth-order valence-corrected chi connectivity index (χ4v) is 3.95. The molecule has 0 aromatic heterocycles. The van der Waals surface area contributed by atoms with E-state index in [-0.39, 0.29) is 39.3 Å². The van der Waals surface area contributed by atoms with Crippen molar-refractivity contribution in [1.29, 1.82) is 0 Å². The normalized spacial score (nSPS) is 13.3. The number of likely N-dealkylation sites (N-methyl/N-ethyl adjacent to an activating group) is 1. The van der Waals surface area contributed by atoms with Crippen LogP contribution in [0.15, 0.2) is 36.4 Å². The van der Waals surface area contributed by atoms with E-state index >= 15 is 0 Å². The molecule has 1 unspecified atom stereocenters. The van der Waals surface area contributed by atoms with Crippen LogP contribution in [0.5, 0.6) is 0 Å². The lowest BCUT2D eigenvalue weighted by Gasteiger charge is -2.24. The number of benzene rings is 2. The molecule has 40 heavy (non-hydrogen) atoms. The number of carbonyl (C=O) groups excluding carboxylic acids is 2. The minimum absolute atomic E-state index is 0.0552. The van der Waals surface area contributed by atoms with Gasteiger partial charge in [-0.15, -0.1) is 0 Å². The molecule has 2 rings (SSSR count). The van der Waals surface area contributed by atoms with E-state index in [1.54, 1.807) is 20.8 Å². The highest BCUT2D eigenvalue weighted by molar-refractivity contribution is 6.48. The van der Waals surface area contributed by atoms with Crippen molar-refractivity contribution in [2.45, 2.75) is 44.6 Å². The first kappa shape index (κ1) is 33.6. The monoisotopic (exact) mass is 632 g/mol. The number of rotatable bonds is 7. The molecule has 0 bridgehead atoms. The molecule has 0 spiro atoms. The van der Waals surface area contributed by atoms with Crippen LogP contribution < -0.4 is 5.32 Å². The van der Waals surface area contributed by atoms with E-state index < -0.39 is 47.0 Å². The molecule has 0 aliphatic rings. The topological polar surface area (TPSA) is 58.6 Å². The van der Waals surface area contributed by atoms with Crippen LogP contribution in [0, 0.1) is 0 Å². The molecule has 2 aromatic carbocycles. The lowest BCUT2D eigenvalue weighted by molar-refractivity contribution is -0.139. The van der Waals surface area contributed by atoms with Crippen molar-refractivity contribution in [2.24, 2.45) is 0 Å². The summed E-state index contributed by atoms with van der Waals surface area (Å²) in [6, 6.07) is 4.42. The van der Waals surface area contributed by atoms with E-state index in [9.17, 15) is 35.9 Å². The van der Waals surface area contributed by atoms with Gasteiger partial charge in [-0.3, -0.25) is 4.79 Å². The number of nitrogens with one attached hydrogen (secondary N) is 1. The van der Waals surface area contributed by atoms with Gasteiger partial charge in [0.1, 0.15) is 5.60 Å². The van der Waals surface area contributed by atoms with Gasteiger partial charge in [-0.2, -0.15) is 26.3 Å². The second-order valence-electron chi connectivity index (χ2n) is 9.64. The van der Waals surface area contributed by atoms with Gasteiger partial charge in [-0.05, 0) is 56.2 Å². The fourth-order valence-electron chi connectivity index (χ4n) is 3.33. The van der Waals surface area contributed by atoms with Gasteiger partial charge >= 0.3 is 18.4 Å². The maximum Gasteiger partial charge on any atom is 0.417 e. The van der Waals surface area contributed by atoms with E-state index in [0.29, 0.717) is 12.1 Å². The standard InChI is InChI=1S/C26H25Cl3F6N2O3/c1-24(2,3)40-23(39)37(4)10-9-36-22(38)16-7-5-14(11-18(16)26(33,34)35)6-8-17(25(30,31)32)15-12-19(27)21(29)20(28)13-15/h5-8,11-13,17H,9-10H2,1-4H3,(H,36,38). The molecule has 0 aliphatic heterocycles. The second kappa shape index (κ2) is 12.9. The number of hydrogen-bond donors (Lipinski definition) is 1. The smallest absolute Gasteiger partial charge is 0.417 e. The average molecular weight is 634 g/mol. The largest absolute Gasteiger partial charge is 0.444 e. The number of ether oxygens (including phenoxy) is 1. The summed E-state index contributed by atoms with van der Waals surface area (Å²) in [5.41, 5.74) is -3.47. The number of halogens is 9. The molecule has 0 heterocycles. The predicted octanol–water partition coefficient (Wildman–Crippen LogP) is 8.62. The number of hydrogen-bond acceptors (Lipinski definition) is 3. The van der Waals surface area contributed by atoms with E-state index in [1.807, 2.05) is 0 Å². The quantitative estimate of drug-likeness (QED) is 0.245. The van der Waals surface area contributed by atoms with Crippen LogP contribution in [-0.2, 0) is 10.9 Å². The number of alkyl halides is 6. The number of allylic oxidation sites excluding steroid dienone is 1. The van der Waals surface area contributed by atoms with Crippen LogP contribution in [0.1, 0.15) is 53.7 Å². The summed E-state index contributed by atoms with van der Waals surface area (Å²) in [5.74, 6) is -3.35. The van der Waals surface area contributed by atoms with Crippen LogP contribution in [0.25, 0.3) is 6.08 Å². The lowest BCUT2D eigenvalue weighted by atomic mass is 9.96. The van der Waals surface area contributed by atoms with E-state index in [1.165, 1.54) is 7.05 Å². The molecule has 0 fully saturated rings. The first-order chi connectivity index (χ1) is 18.2. The molecular formula is C26H25Cl3F6N2O3. The van der Waals surface area contributed by atoms with Crippen LogP contribution in [-0.4, -0.2) is 48.8 Å². The van der Waals surface area contributed by atoms with Crippen molar-refractivity contribution < 1.29 is 40.7 Å². The minimum atomic E-state index is -5.00. The Bertz CT molecular complexity index is 1250. The summed E-state index contributed by atoms with van der Waals surface area (Å²) in [4.78, 5) is 25.7. The highest BCUT2D eigenvalue weighted by Gasteiger charge is 2.40. The zero-order valence-corrected chi connectivity index (χ0v) is 23.9. The van der Waals surface area contributed by atoms with Crippen molar-refractivity contribution in [3.05, 3.63) is 73.7 Å². The molecule has 0 saturated heterocycles. The van der Waals surface area contributed by atoms with Crippen molar-refractivity contribution in [3.63, 3.8) is 0 Å². The molecule has 2 aromatic rings. The van der Waals surface area contributed by atoms with E-state index in [2.05, 4.69) is 5.32 Å². The average Bonchev–Trinajstić information content (AvgIpc) is 2.79. The Labute approximate surface area is 242 Å². The van der Waals surface area contributed by atoms with Crippen LogP contribution in [0.4, 0.5) is 31.1 Å². The fraction of sp³-hybridized carbons (Fsp3) is 0.385. The first-order valence-corrected chi connectivity index (χ1v) is 12.7. The summed E-state index contributed by atoms with van der Waals surface area (Å²) < 4.78 is 87.9. The molecule has 1 N–H and O–H groups in total. The van der Waals surface area contributed by atoms with Gasteiger partial charge in [0.2, 0.25) is 0 Å². The lowest BCUT2D eigenvalue weighted by Crippen LogP contribution is -2.39. The first-order valence-electron chi connectivity index (χ1n) is 11.5. The molecular weight excluding hydrogens is 609 g/mol. The molecule has 14 heteroatoms. The maximum absolute atomic E-state index is 13.8. The highest BCUT2D eigenvalue weighted by atomic mass is 35.5. The molecule has 0 radical (unpaired) electrons. The van der Waals surface area contributed by atoms with Crippen molar-refractivity contribution in [2.75, 3.05) is 20.1 Å². The van der Waals surface area contributed by atoms with Gasteiger partial charge in [-0.1, -0.05) is 53.0 Å². The van der Waals surface area contributed by atoms with E-state index in [4.69, 9.17) is 39.5 Å². The molecule has 2 amide bonds. The number of nitrogens with zero attached hydrogens (tertiary/aromatic N) is 1. The summed E-state index contributed by atoms with van der Waals surface area (Å²) in [6.45, 7) is 4.73. The molecule has 1 atom stereocenters. The van der Waals surface area contributed by atoms with Gasteiger partial charge in [0.05, 0.1) is 32.1 Å². The zero-order valence-electron chi connectivity index (χ0n) is 21.6. The third-order valence-corrected chi connectivity index (χ3v) is 6.43. The van der Waals surface area contributed by atoms with Crippen LogP contribution in [0.2, 0.25) is 15.1 Å². The van der Waals surface area contributed by atoms with Gasteiger partial charge in [-0.25, -0.2) is 4.79 Å². The van der Waals surface area contributed by atoms with Crippen molar-refractivity contribution >= 4 is 52.9 Å². The Morgan fingerprint density at radius 3 is 2.08 bits per heavy atom. The molecule has 5 nitrogen and oxygen atoms in total. The maximum atomic E-state index is 13.8. The predicted molar refractivity (Wildman–Crippen MR) is 142 cm³/mol. The van der Waals surface area contributed by atoms with Gasteiger partial charge in [0, 0.05) is 20.1 Å². The van der Waals surface area contributed by atoms with Crippen molar-refractivity contribution in [1.82, 2.24) is 10.2 Å². The van der Waals surface area contributed by atoms with Crippen LogP contribution in [0.3, 0.4) is 0 Å². The Hall–Kier alpha value is -2.63. The summed E-state index contributed by atoms with van der Waals surface area (Å²) in [6.07, 6.45) is -9.02. The minimum Gasteiger partial charge on any atom is -0.444 e. The summed E-state index contributed by atoms with van der Waals surface area (Å²) in [7, 11) is 1.39. The molecule has 0 saturated carbocycles. The third kappa shape index (κ3) is 9.49. The Balaban J connectivity index is 2.28. The van der Waals surface area contributed by atoms with Gasteiger partial charge in [0.15, 0.2) is 0 Å². The van der Waals surface area contributed by atoms with Gasteiger partial charge in [0.25, 0.3) is 5.91 Å². The zero-order chi connectivity index (χ0) is 30.6. The summed E-state index contributed by atoms with van der Waals surface area (Å²) in [5, 5.41) is 1.71. The highest BCUT2D eigenvalue weighted by Crippen LogP contribution is 2.41. The van der Waals surface area contributed by atoms with E-state index in [0.717, 1.165) is 35.2 Å². The van der Waals surface area contributed by atoms with Crippen LogP contribution >= 0.6 is 34.8 Å². The van der Waals surface area contributed by atoms with Gasteiger partial charge < -0.3 is 15.0 Å². The van der Waals surface area contributed by atoms with Crippen molar-refractivity contribution in [3.8, 4) is 0 Å². The second-order valence-corrected chi connectivity index (χ2v) is 10.8. The number of carbonyl (C=O) groups is 2. The Morgan fingerprint density at radius 2 is 1.57 bits per heavy atom. The summed E-state index contributed by atoms with van der Waals surface area (Å²) >= 11 is 17.5. The molecule has 220 valence electrons. The third-order valence-electron chi connectivity index (χ3n) is 5.23. The Morgan fingerprint density at radius 1 is 1.00 bits per heavy atom.